The number of carbonyl (C=O) groups is 1. The topological polar surface area (TPSA) is 77.9 Å². The van der Waals surface area contributed by atoms with Gasteiger partial charge in [-0.05, 0) is 23.8 Å². The number of aromatic nitrogens is 1. The molecule has 0 bridgehead atoms. The molecule has 0 aliphatic heterocycles. The predicted molar refractivity (Wildman–Crippen MR) is 76.3 cm³/mol. The van der Waals surface area contributed by atoms with Crippen LogP contribution in [-0.4, -0.2) is 37.4 Å². The number of methoxy groups -OCH3 is 3. The van der Waals surface area contributed by atoms with Crippen molar-refractivity contribution in [1.82, 2.24) is 4.98 Å². The monoisotopic (exact) mass is 289 g/mol. The molecule has 1 aromatic carbocycles. The van der Waals surface area contributed by atoms with Gasteiger partial charge in [0.15, 0.2) is 0 Å². The lowest BCUT2D eigenvalue weighted by Gasteiger charge is -2.10. The number of hydrogen-bond acceptors (Lipinski definition) is 5. The van der Waals surface area contributed by atoms with Crippen LogP contribution in [0, 0.1) is 0 Å². The highest BCUT2D eigenvalue weighted by Gasteiger charge is 2.14. The Hall–Kier alpha value is -2.76. The summed E-state index contributed by atoms with van der Waals surface area (Å²) in [5.41, 5.74) is 1.37. The zero-order chi connectivity index (χ0) is 15.4. The minimum Gasteiger partial charge on any atom is -0.497 e. The molecule has 6 heteroatoms. The third-order valence-corrected chi connectivity index (χ3v) is 2.96. The second-order valence-corrected chi connectivity index (χ2v) is 4.19. The second kappa shape index (κ2) is 6.13. The average Bonchev–Trinajstić information content (AvgIpc) is 2.53. The summed E-state index contributed by atoms with van der Waals surface area (Å²) in [6.45, 7) is 0. The highest BCUT2D eigenvalue weighted by molar-refractivity contribution is 5.91. The summed E-state index contributed by atoms with van der Waals surface area (Å²) in [6, 6.07) is 6.79. The van der Waals surface area contributed by atoms with Crippen molar-refractivity contribution in [3.63, 3.8) is 0 Å². The lowest BCUT2D eigenvalue weighted by atomic mass is 10.0. The number of pyridine rings is 1. The predicted octanol–water partition coefficient (Wildman–Crippen LogP) is 2.47. The molecule has 0 aliphatic carbocycles. The molecule has 0 radical (unpaired) electrons. The van der Waals surface area contributed by atoms with E-state index in [-0.39, 0.29) is 11.4 Å². The average molecular weight is 289 g/mol. The fourth-order valence-electron chi connectivity index (χ4n) is 1.90. The largest absolute Gasteiger partial charge is 0.497 e. The summed E-state index contributed by atoms with van der Waals surface area (Å²) in [6.07, 6.45) is 1.54. The van der Waals surface area contributed by atoms with E-state index in [1.165, 1.54) is 13.2 Å². The first-order valence-electron chi connectivity index (χ1n) is 6.09. The molecule has 0 atom stereocenters. The Kier molecular flexibility index (Phi) is 4.27. The van der Waals surface area contributed by atoms with Crippen LogP contribution in [0.5, 0.6) is 17.4 Å². The maximum atomic E-state index is 11.2. The van der Waals surface area contributed by atoms with Gasteiger partial charge in [-0.3, -0.25) is 0 Å². The highest BCUT2D eigenvalue weighted by atomic mass is 16.5. The highest BCUT2D eigenvalue weighted by Crippen LogP contribution is 2.31. The Morgan fingerprint density at radius 2 is 1.57 bits per heavy atom. The molecule has 0 fully saturated rings. The molecule has 6 nitrogen and oxygen atoms in total. The molecule has 1 aromatic heterocycles. The SMILES string of the molecule is COc1cc(OC)cc(-c2cnc(OC)c(C(=O)O)c2)c1. The fourth-order valence-corrected chi connectivity index (χ4v) is 1.90. The van der Waals surface area contributed by atoms with Crippen molar-refractivity contribution in [1.29, 1.82) is 0 Å². The number of carboxylic acid groups (broad SMARTS) is 1. The number of hydrogen-bond donors (Lipinski definition) is 1. The molecule has 110 valence electrons. The molecule has 2 rings (SSSR count). The Bertz CT molecular complexity index is 647. The molecular weight excluding hydrogens is 274 g/mol. The van der Waals surface area contributed by atoms with Gasteiger partial charge in [0.2, 0.25) is 5.88 Å². The molecule has 21 heavy (non-hydrogen) atoms. The van der Waals surface area contributed by atoms with Gasteiger partial charge in [0.05, 0.1) is 21.3 Å². The molecule has 0 saturated heterocycles. The van der Waals surface area contributed by atoms with Crippen molar-refractivity contribution in [2.45, 2.75) is 0 Å². The number of carboxylic acids is 1. The van der Waals surface area contributed by atoms with Crippen LogP contribution in [0.15, 0.2) is 30.5 Å². The molecule has 0 amide bonds. The number of nitrogens with zero attached hydrogens (tertiary/aromatic N) is 1. The van der Waals surface area contributed by atoms with Crippen LogP contribution in [0.1, 0.15) is 10.4 Å². The van der Waals surface area contributed by atoms with E-state index in [4.69, 9.17) is 14.2 Å². The van der Waals surface area contributed by atoms with E-state index in [0.717, 1.165) is 5.56 Å². The van der Waals surface area contributed by atoms with Crippen LogP contribution < -0.4 is 14.2 Å². The Labute approximate surface area is 121 Å². The summed E-state index contributed by atoms with van der Waals surface area (Å²) in [5.74, 6) is 0.186. The van der Waals surface area contributed by atoms with Crippen molar-refractivity contribution in [3.05, 3.63) is 36.0 Å². The van der Waals surface area contributed by atoms with Gasteiger partial charge in [-0.15, -0.1) is 0 Å². The molecule has 0 aliphatic rings. The summed E-state index contributed by atoms with van der Waals surface area (Å²) in [7, 11) is 4.48. The van der Waals surface area contributed by atoms with E-state index in [1.807, 2.05) is 0 Å². The van der Waals surface area contributed by atoms with Gasteiger partial charge in [-0.2, -0.15) is 0 Å². The van der Waals surface area contributed by atoms with Gasteiger partial charge in [0.1, 0.15) is 17.1 Å². The number of aromatic carboxylic acids is 1. The maximum Gasteiger partial charge on any atom is 0.341 e. The molecule has 2 aromatic rings. The fraction of sp³-hybridized carbons (Fsp3) is 0.200. The van der Waals surface area contributed by atoms with Gasteiger partial charge in [0, 0.05) is 17.8 Å². The molecule has 0 spiro atoms. The Morgan fingerprint density at radius 3 is 2.05 bits per heavy atom. The van der Waals surface area contributed by atoms with Crippen LogP contribution in [0.3, 0.4) is 0 Å². The summed E-state index contributed by atoms with van der Waals surface area (Å²) >= 11 is 0. The van der Waals surface area contributed by atoms with Crippen LogP contribution >= 0.6 is 0 Å². The molecule has 0 saturated carbocycles. The van der Waals surface area contributed by atoms with Crippen LogP contribution in [0.2, 0.25) is 0 Å². The van der Waals surface area contributed by atoms with E-state index in [2.05, 4.69) is 4.98 Å². The normalized spacial score (nSPS) is 10.0. The second-order valence-electron chi connectivity index (χ2n) is 4.19. The van der Waals surface area contributed by atoms with Crippen molar-refractivity contribution in [3.8, 4) is 28.5 Å². The first-order chi connectivity index (χ1) is 10.1. The van der Waals surface area contributed by atoms with Crippen molar-refractivity contribution < 1.29 is 24.1 Å². The van der Waals surface area contributed by atoms with E-state index >= 15 is 0 Å². The van der Waals surface area contributed by atoms with Crippen molar-refractivity contribution in [2.75, 3.05) is 21.3 Å². The third kappa shape index (κ3) is 3.05. The zero-order valence-corrected chi connectivity index (χ0v) is 11.9. The standard InChI is InChI=1S/C15H15NO5/c1-19-11-4-9(5-12(7-11)20-2)10-6-13(15(17)18)14(21-3)16-8-10/h4-8H,1-3H3,(H,17,18). The lowest BCUT2D eigenvalue weighted by Crippen LogP contribution is -2.02. The zero-order valence-electron chi connectivity index (χ0n) is 11.9. The van der Waals surface area contributed by atoms with Crippen LogP contribution in [-0.2, 0) is 0 Å². The van der Waals surface area contributed by atoms with E-state index in [0.29, 0.717) is 17.1 Å². The van der Waals surface area contributed by atoms with Gasteiger partial charge >= 0.3 is 5.97 Å². The Morgan fingerprint density at radius 1 is 0.952 bits per heavy atom. The molecular formula is C15H15NO5. The maximum absolute atomic E-state index is 11.2. The quantitative estimate of drug-likeness (QED) is 0.911. The third-order valence-electron chi connectivity index (χ3n) is 2.96. The first-order valence-corrected chi connectivity index (χ1v) is 6.09. The van der Waals surface area contributed by atoms with Gasteiger partial charge < -0.3 is 19.3 Å². The molecule has 0 unspecified atom stereocenters. The van der Waals surface area contributed by atoms with Gasteiger partial charge in [0.25, 0.3) is 0 Å². The lowest BCUT2D eigenvalue weighted by molar-refractivity contribution is 0.0692. The number of rotatable bonds is 5. The summed E-state index contributed by atoms with van der Waals surface area (Å²) in [4.78, 5) is 15.3. The first kappa shape index (κ1) is 14.6. The number of benzene rings is 1. The summed E-state index contributed by atoms with van der Waals surface area (Å²) in [5, 5.41) is 9.20. The van der Waals surface area contributed by atoms with Gasteiger partial charge in [-0.25, -0.2) is 9.78 Å². The van der Waals surface area contributed by atoms with E-state index in [9.17, 15) is 9.90 Å². The van der Waals surface area contributed by atoms with Crippen molar-refractivity contribution >= 4 is 5.97 Å². The smallest absolute Gasteiger partial charge is 0.341 e. The Balaban J connectivity index is 2.56. The minimum atomic E-state index is -1.10. The summed E-state index contributed by atoms with van der Waals surface area (Å²) < 4.78 is 15.3. The van der Waals surface area contributed by atoms with E-state index in [1.54, 1.807) is 38.6 Å². The number of ether oxygens (including phenoxy) is 3. The molecule has 1 heterocycles. The van der Waals surface area contributed by atoms with E-state index < -0.39 is 5.97 Å². The van der Waals surface area contributed by atoms with Crippen LogP contribution in [0.25, 0.3) is 11.1 Å². The minimum absolute atomic E-state index is 0.00298. The van der Waals surface area contributed by atoms with Crippen LogP contribution in [0.4, 0.5) is 0 Å². The molecule has 1 N–H and O–H groups in total. The van der Waals surface area contributed by atoms with Crippen molar-refractivity contribution in [2.24, 2.45) is 0 Å². The van der Waals surface area contributed by atoms with Gasteiger partial charge in [-0.1, -0.05) is 0 Å².